The smallest absolute Gasteiger partial charge is 0.238 e. The van der Waals surface area contributed by atoms with E-state index < -0.39 is 0 Å². The molecule has 0 aromatic carbocycles. The number of rotatable bonds is 4. The van der Waals surface area contributed by atoms with Crippen molar-refractivity contribution in [3.63, 3.8) is 0 Å². The third kappa shape index (κ3) is 2.87. The van der Waals surface area contributed by atoms with Gasteiger partial charge in [-0.15, -0.1) is 0 Å². The van der Waals surface area contributed by atoms with E-state index in [9.17, 15) is 4.79 Å². The van der Waals surface area contributed by atoms with Crippen molar-refractivity contribution in [2.45, 2.75) is 51.0 Å². The molecule has 132 valence electrons. The van der Waals surface area contributed by atoms with E-state index in [1.807, 2.05) is 0 Å². The molecule has 4 bridgehead atoms. The number of aromatic nitrogens is 2. The lowest BCUT2D eigenvalue weighted by molar-refractivity contribution is -0.134. The van der Waals surface area contributed by atoms with E-state index in [2.05, 4.69) is 15.0 Å². The van der Waals surface area contributed by atoms with Crippen molar-refractivity contribution in [2.24, 2.45) is 17.8 Å². The zero-order chi connectivity index (χ0) is 16.8. The zero-order valence-corrected chi connectivity index (χ0v) is 14.3. The second kappa shape index (κ2) is 6.00. The number of furan rings is 1. The second-order valence-electron chi connectivity index (χ2n) is 7.97. The molecule has 0 radical (unpaired) electrons. The Balaban J connectivity index is 1.24. The molecular formula is C19H23N3O3. The highest BCUT2D eigenvalue weighted by molar-refractivity contribution is 5.76. The molecule has 2 aliphatic heterocycles. The molecule has 0 spiro atoms. The fraction of sp³-hybridized carbons (Fsp3) is 0.632. The van der Waals surface area contributed by atoms with E-state index in [1.54, 1.807) is 18.4 Å². The number of fused-ring (bicyclic) bond motifs is 1. The summed E-state index contributed by atoms with van der Waals surface area (Å²) in [7, 11) is 0. The largest absolute Gasteiger partial charge is 0.461 e. The maximum Gasteiger partial charge on any atom is 0.238 e. The number of aryl methyl sites for hydroxylation is 1. The van der Waals surface area contributed by atoms with Gasteiger partial charge in [0.25, 0.3) is 0 Å². The summed E-state index contributed by atoms with van der Waals surface area (Å²) in [6.45, 7) is 0.956. The highest BCUT2D eigenvalue weighted by Crippen LogP contribution is 2.47. The molecule has 6 rings (SSSR count). The highest BCUT2D eigenvalue weighted by atomic mass is 16.5. The lowest BCUT2D eigenvalue weighted by Crippen LogP contribution is -2.42. The number of amides is 1. The molecule has 2 saturated carbocycles. The number of carbonyl (C=O) groups is 1. The first-order chi connectivity index (χ1) is 12.2. The van der Waals surface area contributed by atoms with Gasteiger partial charge in [0, 0.05) is 25.4 Å². The number of nitrogens with zero attached hydrogens (tertiary/aromatic N) is 3. The van der Waals surface area contributed by atoms with Gasteiger partial charge >= 0.3 is 0 Å². The summed E-state index contributed by atoms with van der Waals surface area (Å²) in [6, 6.07) is 4.05. The third-order valence-electron chi connectivity index (χ3n) is 6.19. The van der Waals surface area contributed by atoms with Crippen LogP contribution >= 0.6 is 0 Å². The van der Waals surface area contributed by atoms with Crippen LogP contribution in [0.1, 0.15) is 44.4 Å². The summed E-state index contributed by atoms with van der Waals surface area (Å²) >= 11 is 0. The Morgan fingerprint density at radius 1 is 1.16 bits per heavy atom. The zero-order valence-electron chi connectivity index (χ0n) is 14.3. The standard InChI is InChI=1S/C19H23N3O3/c23-18(4-3-17-20-19(21-25-17)16-2-1-5-24-16)22-11-14-7-12-6-13(8-14)10-15(22)9-12/h1-2,5,12-15H,3-4,6-11H2. The first kappa shape index (κ1) is 15.2. The molecule has 2 unspecified atom stereocenters. The summed E-state index contributed by atoms with van der Waals surface area (Å²) < 4.78 is 10.5. The summed E-state index contributed by atoms with van der Waals surface area (Å²) in [5.74, 6) is 4.20. The molecule has 1 amide bonds. The van der Waals surface area contributed by atoms with Crippen LogP contribution in [-0.2, 0) is 11.2 Å². The van der Waals surface area contributed by atoms with Gasteiger partial charge in [-0.2, -0.15) is 4.98 Å². The van der Waals surface area contributed by atoms with Crippen molar-refractivity contribution >= 4 is 5.91 Å². The number of hydrogen-bond acceptors (Lipinski definition) is 5. The van der Waals surface area contributed by atoms with Crippen LogP contribution in [0.25, 0.3) is 11.6 Å². The minimum absolute atomic E-state index is 0.246. The fourth-order valence-electron chi connectivity index (χ4n) is 5.31. The SMILES string of the molecule is O=C(CCc1nc(-c2ccco2)no1)N1CC2CC3CC(C2)CC1C3. The van der Waals surface area contributed by atoms with Crippen LogP contribution < -0.4 is 0 Å². The molecule has 2 aliphatic carbocycles. The minimum Gasteiger partial charge on any atom is -0.461 e. The summed E-state index contributed by atoms with van der Waals surface area (Å²) in [6.07, 6.45) is 8.98. The first-order valence-corrected chi connectivity index (χ1v) is 9.40. The Bertz CT molecular complexity index is 740. The van der Waals surface area contributed by atoms with Crippen LogP contribution in [0.5, 0.6) is 0 Å². The molecule has 2 atom stereocenters. The Hall–Kier alpha value is -2.11. The summed E-state index contributed by atoms with van der Waals surface area (Å²) in [4.78, 5) is 19.3. The first-order valence-electron chi connectivity index (χ1n) is 9.40. The van der Waals surface area contributed by atoms with Crippen molar-refractivity contribution in [3.8, 4) is 11.6 Å². The predicted molar refractivity (Wildman–Crippen MR) is 89.4 cm³/mol. The third-order valence-corrected chi connectivity index (χ3v) is 6.19. The van der Waals surface area contributed by atoms with E-state index >= 15 is 0 Å². The Kier molecular flexibility index (Phi) is 3.64. The molecule has 4 aliphatic rings. The molecule has 2 aromatic rings. The molecular weight excluding hydrogens is 318 g/mol. The van der Waals surface area contributed by atoms with Gasteiger partial charge in [0.2, 0.25) is 17.6 Å². The van der Waals surface area contributed by atoms with E-state index in [0.29, 0.717) is 42.3 Å². The average Bonchev–Trinajstić information content (AvgIpc) is 3.24. The molecule has 6 nitrogen and oxygen atoms in total. The second-order valence-corrected chi connectivity index (χ2v) is 7.97. The Morgan fingerprint density at radius 3 is 2.72 bits per heavy atom. The Morgan fingerprint density at radius 2 is 1.96 bits per heavy atom. The van der Waals surface area contributed by atoms with Crippen LogP contribution in [0, 0.1) is 17.8 Å². The van der Waals surface area contributed by atoms with Crippen molar-refractivity contribution in [3.05, 3.63) is 24.3 Å². The van der Waals surface area contributed by atoms with Crippen molar-refractivity contribution in [1.82, 2.24) is 15.0 Å². The average molecular weight is 341 g/mol. The van der Waals surface area contributed by atoms with Crippen LogP contribution in [0.3, 0.4) is 0 Å². The molecule has 0 N–H and O–H groups in total. The van der Waals surface area contributed by atoms with Gasteiger partial charge in [0.15, 0.2) is 5.76 Å². The van der Waals surface area contributed by atoms with Gasteiger partial charge in [-0.1, -0.05) is 5.16 Å². The Labute approximate surface area is 146 Å². The lowest BCUT2D eigenvalue weighted by Gasteiger charge is -2.39. The van der Waals surface area contributed by atoms with Crippen LogP contribution in [0.15, 0.2) is 27.3 Å². The van der Waals surface area contributed by atoms with E-state index in [1.165, 1.54) is 32.1 Å². The molecule has 2 saturated heterocycles. The van der Waals surface area contributed by atoms with Crippen LogP contribution in [0.2, 0.25) is 0 Å². The van der Waals surface area contributed by atoms with Gasteiger partial charge in [-0.3, -0.25) is 4.79 Å². The van der Waals surface area contributed by atoms with Gasteiger partial charge in [0.1, 0.15) is 0 Å². The highest BCUT2D eigenvalue weighted by Gasteiger charge is 2.43. The van der Waals surface area contributed by atoms with E-state index in [-0.39, 0.29) is 5.91 Å². The maximum atomic E-state index is 12.8. The van der Waals surface area contributed by atoms with Crippen molar-refractivity contribution < 1.29 is 13.7 Å². The van der Waals surface area contributed by atoms with Crippen molar-refractivity contribution in [1.29, 1.82) is 0 Å². The molecule has 2 aromatic heterocycles. The molecule has 4 fully saturated rings. The number of hydrogen-bond donors (Lipinski definition) is 0. The fourth-order valence-corrected chi connectivity index (χ4v) is 5.31. The van der Waals surface area contributed by atoms with Crippen LogP contribution in [-0.4, -0.2) is 33.5 Å². The van der Waals surface area contributed by atoms with E-state index in [0.717, 1.165) is 18.4 Å². The quantitative estimate of drug-likeness (QED) is 0.853. The predicted octanol–water partition coefficient (Wildman–Crippen LogP) is 3.30. The molecule has 6 heteroatoms. The maximum absolute atomic E-state index is 12.8. The van der Waals surface area contributed by atoms with Gasteiger partial charge in [0.05, 0.1) is 6.26 Å². The summed E-state index contributed by atoms with van der Waals surface area (Å²) in [5.41, 5.74) is 0. The monoisotopic (exact) mass is 341 g/mol. The van der Waals surface area contributed by atoms with Gasteiger partial charge < -0.3 is 13.8 Å². The van der Waals surface area contributed by atoms with Crippen LogP contribution in [0.4, 0.5) is 0 Å². The summed E-state index contributed by atoms with van der Waals surface area (Å²) in [5, 5.41) is 3.93. The molecule has 25 heavy (non-hydrogen) atoms. The molecule has 4 heterocycles. The van der Waals surface area contributed by atoms with E-state index in [4.69, 9.17) is 8.94 Å². The van der Waals surface area contributed by atoms with Crippen molar-refractivity contribution in [2.75, 3.05) is 6.54 Å². The number of carbonyl (C=O) groups excluding carboxylic acids is 1. The van der Waals surface area contributed by atoms with Gasteiger partial charge in [-0.05, 0) is 62.0 Å². The normalized spacial score (nSPS) is 30.6. The topological polar surface area (TPSA) is 72.4 Å². The van der Waals surface area contributed by atoms with Gasteiger partial charge in [-0.25, -0.2) is 0 Å². The lowest BCUT2D eigenvalue weighted by atomic mass is 9.68. The minimum atomic E-state index is 0.246.